The predicted octanol–water partition coefficient (Wildman–Crippen LogP) is -0.0509. The molecule has 0 saturated carbocycles. The molecule has 0 aliphatic heterocycles. The van der Waals surface area contributed by atoms with Crippen molar-refractivity contribution in [3.63, 3.8) is 0 Å². The van der Waals surface area contributed by atoms with Crippen LogP contribution in [-0.2, 0) is 25.7 Å². The van der Waals surface area contributed by atoms with Gasteiger partial charge in [-0.15, -0.1) is 0 Å². The zero-order chi connectivity index (χ0) is 14.3. The van der Waals surface area contributed by atoms with Crippen LogP contribution in [0.4, 0.5) is 0 Å². The van der Waals surface area contributed by atoms with Gasteiger partial charge < -0.3 is 20.9 Å². The summed E-state index contributed by atoms with van der Waals surface area (Å²) < 4.78 is 9.57. The van der Waals surface area contributed by atoms with E-state index in [1.807, 2.05) is 18.2 Å². The standard InChI is InChI=1S/C13H18N2O4/c1-18-11(16)13(15,7-8-14)12(17)19-9-10-5-3-2-4-6-10/h2-6H,7-9,14-15H2,1H3. The zero-order valence-corrected chi connectivity index (χ0v) is 10.8. The molecule has 1 atom stereocenters. The number of esters is 2. The molecule has 0 radical (unpaired) electrons. The average Bonchev–Trinajstić information content (AvgIpc) is 2.45. The van der Waals surface area contributed by atoms with Crippen LogP contribution in [0.3, 0.4) is 0 Å². The van der Waals surface area contributed by atoms with Crippen LogP contribution in [0.2, 0.25) is 0 Å². The van der Waals surface area contributed by atoms with Gasteiger partial charge >= 0.3 is 11.9 Å². The van der Waals surface area contributed by atoms with Crippen LogP contribution in [-0.4, -0.2) is 31.1 Å². The van der Waals surface area contributed by atoms with Crippen LogP contribution in [0.5, 0.6) is 0 Å². The molecule has 104 valence electrons. The smallest absolute Gasteiger partial charge is 0.338 e. The minimum atomic E-state index is -1.85. The maximum atomic E-state index is 11.9. The van der Waals surface area contributed by atoms with E-state index >= 15 is 0 Å². The molecule has 0 amide bonds. The van der Waals surface area contributed by atoms with Crippen molar-refractivity contribution in [1.29, 1.82) is 0 Å². The number of carbonyl (C=O) groups excluding carboxylic acids is 2. The summed E-state index contributed by atoms with van der Waals surface area (Å²) in [6.45, 7) is 0.117. The lowest BCUT2D eigenvalue weighted by Crippen LogP contribution is -2.57. The maximum Gasteiger partial charge on any atom is 0.338 e. The van der Waals surface area contributed by atoms with Crippen LogP contribution < -0.4 is 11.5 Å². The van der Waals surface area contributed by atoms with Gasteiger partial charge in [-0.05, 0) is 18.5 Å². The van der Waals surface area contributed by atoms with E-state index < -0.39 is 17.5 Å². The Morgan fingerprint density at radius 2 is 1.84 bits per heavy atom. The van der Waals surface area contributed by atoms with E-state index in [-0.39, 0.29) is 19.6 Å². The van der Waals surface area contributed by atoms with E-state index in [1.165, 1.54) is 0 Å². The zero-order valence-electron chi connectivity index (χ0n) is 10.8. The van der Waals surface area contributed by atoms with Crippen LogP contribution in [0.25, 0.3) is 0 Å². The summed E-state index contributed by atoms with van der Waals surface area (Å²) in [4.78, 5) is 23.5. The first kappa shape index (κ1) is 15.1. The Morgan fingerprint density at radius 1 is 1.21 bits per heavy atom. The summed E-state index contributed by atoms with van der Waals surface area (Å²) in [5.41, 5.74) is 10.1. The van der Waals surface area contributed by atoms with Gasteiger partial charge in [-0.3, -0.25) is 0 Å². The number of carbonyl (C=O) groups is 2. The maximum absolute atomic E-state index is 11.9. The monoisotopic (exact) mass is 266 g/mol. The second-order valence-electron chi connectivity index (χ2n) is 4.06. The number of rotatable bonds is 6. The van der Waals surface area contributed by atoms with Gasteiger partial charge in [0.15, 0.2) is 0 Å². The lowest BCUT2D eigenvalue weighted by atomic mass is 9.97. The van der Waals surface area contributed by atoms with Crippen molar-refractivity contribution in [3.05, 3.63) is 35.9 Å². The summed E-state index contributed by atoms with van der Waals surface area (Å²) >= 11 is 0. The van der Waals surface area contributed by atoms with Gasteiger partial charge in [0, 0.05) is 0 Å². The van der Waals surface area contributed by atoms with Crippen LogP contribution in [0.1, 0.15) is 12.0 Å². The Hall–Kier alpha value is -1.92. The van der Waals surface area contributed by atoms with Crippen LogP contribution in [0, 0.1) is 0 Å². The first-order valence-corrected chi connectivity index (χ1v) is 5.83. The van der Waals surface area contributed by atoms with Gasteiger partial charge in [-0.1, -0.05) is 30.3 Å². The van der Waals surface area contributed by atoms with E-state index in [4.69, 9.17) is 16.2 Å². The third-order valence-electron chi connectivity index (χ3n) is 2.67. The van der Waals surface area contributed by atoms with Crippen LogP contribution in [0.15, 0.2) is 30.3 Å². The van der Waals surface area contributed by atoms with Crippen molar-refractivity contribution in [2.75, 3.05) is 13.7 Å². The summed E-state index contributed by atoms with van der Waals surface area (Å²) in [5.74, 6) is -1.69. The normalized spacial score (nSPS) is 13.4. The average molecular weight is 266 g/mol. The van der Waals surface area contributed by atoms with Gasteiger partial charge in [0.1, 0.15) is 6.61 Å². The molecular weight excluding hydrogens is 248 g/mol. The van der Waals surface area contributed by atoms with Crippen molar-refractivity contribution in [1.82, 2.24) is 0 Å². The van der Waals surface area contributed by atoms with Gasteiger partial charge in [-0.25, -0.2) is 9.59 Å². The third kappa shape index (κ3) is 3.77. The lowest BCUT2D eigenvalue weighted by Gasteiger charge is -2.23. The van der Waals surface area contributed by atoms with E-state index in [0.29, 0.717) is 0 Å². The van der Waals surface area contributed by atoms with E-state index in [0.717, 1.165) is 12.7 Å². The van der Waals surface area contributed by atoms with E-state index in [9.17, 15) is 9.59 Å². The topological polar surface area (TPSA) is 105 Å². The molecule has 0 spiro atoms. The Bertz CT molecular complexity index is 436. The lowest BCUT2D eigenvalue weighted by molar-refractivity contribution is -0.164. The molecule has 0 aliphatic carbocycles. The fraction of sp³-hybridized carbons (Fsp3) is 0.385. The fourth-order valence-corrected chi connectivity index (χ4v) is 1.55. The number of nitrogens with two attached hydrogens (primary N) is 2. The summed E-state index contributed by atoms with van der Waals surface area (Å²) in [5, 5.41) is 0. The third-order valence-corrected chi connectivity index (χ3v) is 2.67. The van der Waals surface area contributed by atoms with Crippen molar-refractivity contribution in [2.24, 2.45) is 11.5 Å². The van der Waals surface area contributed by atoms with Crippen molar-refractivity contribution < 1.29 is 19.1 Å². The molecule has 0 saturated heterocycles. The summed E-state index contributed by atoms with van der Waals surface area (Å²) in [6.07, 6.45) is -0.0344. The minimum absolute atomic E-state index is 0.0344. The largest absolute Gasteiger partial charge is 0.467 e. The highest BCUT2D eigenvalue weighted by molar-refractivity contribution is 6.04. The summed E-state index contributed by atoms with van der Waals surface area (Å²) in [6, 6.07) is 9.08. The number of hydrogen-bond acceptors (Lipinski definition) is 6. The molecular formula is C13H18N2O4. The molecule has 4 N–H and O–H groups in total. The molecule has 1 aromatic rings. The number of benzene rings is 1. The van der Waals surface area contributed by atoms with Crippen molar-refractivity contribution >= 4 is 11.9 Å². The Morgan fingerprint density at radius 3 is 2.37 bits per heavy atom. The number of hydrogen-bond donors (Lipinski definition) is 2. The first-order chi connectivity index (χ1) is 9.04. The molecule has 19 heavy (non-hydrogen) atoms. The molecule has 6 nitrogen and oxygen atoms in total. The summed E-state index contributed by atoms with van der Waals surface area (Å²) in [7, 11) is 1.16. The molecule has 1 unspecified atom stereocenters. The molecule has 0 bridgehead atoms. The molecule has 6 heteroatoms. The van der Waals surface area contributed by atoms with Gasteiger partial charge in [-0.2, -0.15) is 0 Å². The minimum Gasteiger partial charge on any atom is -0.467 e. The Kier molecular flexibility index (Phi) is 5.47. The SMILES string of the molecule is COC(=O)C(N)(CCN)C(=O)OCc1ccccc1. The molecule has 0 aliphatic rings. The van der Waals surface area contributed by atoms with Crippen molar-refractivity contribution in [3.8, 4) is 0 Å². The van der Waals surface area contributed by atoms with Crippen LogP contribution >= 0.6 is 0 Å². The predicted molar refractivity (Wildman–Crippen MR) is 68.8 cm³/mol. The molecule has 0 heterocycles. The fourth-order valence-electron chi connectivity index (χ4n) is 1.55. The Labute approximate surface area is 111 Å². The molecule has 0 fully saturated rings. The van der Waals surface area contributed by atoms with Gasteiger partial charge in [0.05, 0.1) is 7.11 Å². The number of methoxy groups -OCH3 is 1. The van der Waals surface area contributed by atoms with E-state index in [1.54, 1.807) is 12.1 Å². The molecule has 1 rings (SSSR count). The second-order valence-corrected chi connectivity index (χ2v) is 4.06. The highest BCUT2D eigenvalue weighted by atomic mass is 16.6. The number of ether oxygens (including phenoxy) is 2. The quantitative estimate of drug-likeness (QED) is 0.552. The van der Waals surface area contributed by atoms with Gasteiger partial charge in [0.2, 0.25) is 5.54 Å². The van der Waals surface area contributed by atoms with Crippen molar-refractivity contribution in [2.45, 2.75) is 18.6 Å². The van der Waals surface area contributed by atoms with E-state index in [2.05, 4.69) is 4.74 Å². The second kappa shape index (κ2) is 6.86. The van der Waals surface area contributed by atoms with Gasteiger partial charge in [0.25, 0.3) is 0 Å². The first-order valence-electron chi connectivity index (χ1n) is 5.83. The Balaban J connectivity index is 2.70. The molecule has 1 aromatic carbocycles. The molecule has 0 aromatic heterocycles. The highest BCUT2D eigenvalue weighted by Crippen LogP contribution is 2.12. The highest BCUT2D eigenvalue weighted by Gasteiger charge is 2.44.